The Labute approximate surface area is 143 Å². The maximum atomic E-state index is 13.8. The van der Waals surface area contributed by atoms with Gasteiger partial charge in [-0.3, -0.25) is 9.89 Å². The number of carbonyl (C=O) groups excluding carboxylic acids is 1. The first-order chi connectivity index (χ1) is 12.2. The van der Waals surface area contributed by atoms with Crippen molar-refractivity contribution in [1.82, 2.24) is 15.5 Å². The van der Waals surface area contributed by atoms with Gasteiger partial charge in [0.2, 0.25) is 0 Å². The SMILES string of the molecule is O=C(Nc1cc2c(cc1C1CC1)CNC2)c1cc(F)cc2[nH]ncc12. The molecule has 0 radical (unpaired) electrons. The summed E-state index contributed by atoms with van der Waals surface area (Å²) in [6.07, 6.45) is 3.86. The first kappa shape index (κ1) is 14.6. The van der Waals surface area contributed by atoms with E-state index < -0.39 is 5.82 Å². The van der Waals surface area contributed by atoms with Gasteiger partial charge in [0.1, 0.15) is 5.82 Å². The molecule has 0 saturated heterocycles. The van der Waals surface area contributed by atoms with Crippen LogP contribution >= 0.6 is 0 Å². The number of hydrogen-bond donors (Lipinski definition) is 3. The third-order valence-electron chi connectivity index (χ3n) is 5.04. The molecule has 5 rings (SSSR count). The van der Waals surface area contributed by atoms with Crippen LogP contribution in [0.4, 0.5) is 10.1 Å². The highest BCUT2D eigenvalue weighted by Gasteiger charge is 2.29. The number of anilines is 1. The summed E-state index contributed by atoms with van der Waals surface area (Å²) in [6.45, 7) is 1.69. The average Bonchev–Trinajstić information content (AvgIpc) is 3.15. The lowest BCUT2D eigenvalue weighted by molar-refractivity contribution is 0.102. The van der Waals surface area contributed by atoms with Crippen LogP contribution in [-0.4, -0.2) is 16.1 Å². The van der Waals surface area contributed by atoms with Gasteiger partial charge in [-0.2, -0.15) is 5.10 Å². The van der Waals surface area contributed by atoms with Gasteiger partial charge in [-0.25, -0.2) is 4.39 Å². The van der Waals surface area contributed by atoms with Crippen LogP contribution in [0.3, 0.4) is 0 Å². The van der Waals surface area contributed by atoms with E-state index in [0.717, 1.165) is 31.6 Å². The van der Waals surface area contributed by atoms with E-state index in [0.29, 0.717) is 22.4 Å². The Morgan fingerprint density at radius 1 is 1.16 bits per heavy atom. The average molecular weight is 336 g/mol. The molecular weight excluding hydrogens is 319 g/mol. The monoisotopic (exact) mass is 336 g/mol. The van der Waals surface area contributed by atoms with Gasteiger partial charge in [0, 0.05) is 24.2 Å². The third-order valence-corrected chi connectivity index (χ3v) is 5.04. The molecule has 0 bridgehead atoms. The third kappa shape index (κ3) is 2.49. The zero-order valence-corrected chi connectivity index (χ0v) is 13.5. The molecule has 25 heavy (non-hydrogen) atoms. The van der Waals surface area contributed by atoms with Crippen LogP contribution in [0.2, 0.25) is 0 Å². The largest absolute Gasteiger partial charge is 0.322 e. The summed E-state index contributed by atoms with van der Waals surface area (Å²) >= 11 is 0. The number of hydrogen-bond acceptors (Lipinski definition) is 3. The fourth-order valence-corrected chi connectivity index (χ4v) is 3.60. The first-order valence-corrected chi connectivity index (χ1v) is 8.49. The maximum Gasteiger partial charge on any atom is 0.256 e. The van der Waals surface area contributed by atoms with Crippen LogP contribution in [0.5, 0.6) is 0 Å². The molecule has 1 aromatic heterocycles. The van der Waals surface area contributed by atoms with Gasteiger partial charge in [-0.1, -0.05) is 6.07 Å². The number of fused-ring (bicyclic) bond motifs is 2. The standard InChI is InChI=1S/C19H17FN4O/c20-13-5-15(16-9-22-24-18(16)6-13)19(25)23-17-4-12-8-21-7-11(12)3-14(17)10-1-2-10/h3-6,9-10,21H,1-2,7-8H2,(H,22,24)(H,23,25). The molecule has 1 aliphatic heterocycles. The molecule has 1 amide bonds. The van der Waals surface area contributed by atoms with Gasteiger partial charge in [0.05, 0.1) is 17.3 Å². The number of halogens is 1. The number of benzene rings is 2. The van der Waals surface area contributed by atoms with E-state index in [9.17, 15) is 9.18 Å². The number of nitrogens with zero attached hydrogens (tertiary/aromatic N) is 1. The summed E-state index contributed by atoms with van der Waals surface area (Å²) in [5.74, 6) is -0.246. The topological polar surface area (TPSA) is 69.8 Å². The Morgan fingerprint density at radius 3 is 2.76 bits per heavy atom. The van der Waals surface area contributed by atoms with Crippen LogP contribution in [-0.2, 0) is 13.1 Å². The molecule has 2 heterocycles. The molecular formula is C19H17FN4O. The Morgan fingerprint density at radius 2 is 1.96 bits per heavy atom. The summed E-state index contributed by atoms with van der Waals surface area (Å²) in [5, 5.41) is 13.6. The smallest absolute Gasteiger partial charge is 0.256 e. The van der Waals surface area contributed by atoms with Gasteiger partial charge in [0.15, 0.2) is 0 Å². The van der Waals surface area contributed by atoms with E-state index >= 15 is 0 Å². The van der Waals surface area contributed by atoms with E-state index in [4.69, 9.17) is 0 Å². The fourth-order valence-electron chi connectivity index (χ4n) is 3.60. The quantitative estimate of drug-likeness (QED) is 0.686. The molecule has 2 aliphatic rings. The van der Waals surface area contributed by atoms with Crippen LogP contribution in [0, 0.1) is 5.82 Å². The Bertz CT molecular complexity index is 1010. The second-order valence-corrected chi connectivity index (χ2v) is 6.82. The minimum Gasteiger partial charge on any atom is -0.322 e. The van der Waals surface area contributed by atoms with Crippen molar-refractivity contribution < 1.29 is 9.18 Å². The summed E-state index contributed by atoms with van der Waals surface area (Å²) < 4.78 is 13.8. The van der Waals surface area contributed by atoms with Crippen molar-refractivity contribution >= 4 is 22.5 Å². The van der Waals surface area contributed by atoms with Crippen molar-refractivity contribution in [2.45, 2.75) is 31.8 Å². The molecule has 2 aromatic carbocycles. The van der Waals surface area contributed by atoms with Crippen LogP contribution < -0.4 is 10.6 Å². The molecule has 1 aliphatic carbocycles. The second-order valence-electron chi connectivity index (χ2n) is 6.82. The number of nitrogens with one attached hydrogen (secondary N) is 3. The van der Waals surface area contributed by atoms with Crippen LogP contribution in [0.25, 0.3) is 10.9 Å². The van der Waals surface area contributed by atoms with E-state index in [-0.39, 0.29) is 5.91 Å². The Hall–Kier alpha value is -2.73. The molecule has 0 unspecified atom stereocenters. The van der Waals surface area contributed by atoms with Gasteiger partial charge in [-0.05, 0) is 53.6 Å². The molecule has 1 saturated carbocycles. The fraction of sp³-hybridized carbons (Fsp3) is 0.263. The summed E-state index contributed by atoms with van der Waals surface area (Å²) in [5.41, 5.74) is 5.37. The van der Waals surface area contributed by atoms with Crippen LogP contribution in [0.15, 0.2) is 30.5 Å². The minimum atomic E-state index is -0.456. The summed E-state index contributed by atoms with van der Waals surface area (Å²) in [6, 6.07) is 6.88. The number of rotatable bonds is 3. The number of H-pyrrole nitrogens is 1. The number of amides is 1. The van der Waals surface area contributed by atoms with Crippen LogP contribution in [0.1, 0.15) is 45.8 Å². The van der Waals surface area contributed by atoms with Gasteiger partial charge < -0.3 is 10.6 Å². The highest BCUT2D eigenvalue weighted by atomic mass is 19.1. The van der Waals surface area contributed by atoms with E-state index in [1.807, 2.05) is 0 Å². The normalized spacial score (nSPS) is 16.2. The van der Waals surface area contributed by atoms with E-state index in [1.54, 1.807) is 6.20 Å². The zero-order valence-electron chi connectivity index (χ0n) is 13.5. The molecule has 126 valence electrons. The lowest BCUT2D eigenvalue weighted by Crippen LogP contribution is -2.14. The Balaban J connectivity index is 1.55. The summed E-state index contributed by atoms with van der Waals surface area (Å²) in [4.78, 5) is 12.8. The molecule has 3 N–H and O–H groups in total. The lowest BCUT2D eigenvalue weighted by Gasteiger charge is -2.14. The Kier molecular flexibility index (Phi) is 3.15. The zero-order chi connectivity index (χ0) is 17.0. The van der Waals surface area contributed by atoms with Crippen molar-refractivity contribution in [3.05, 3.63) is 58.5 Å². The molecule has 3 aromatic rings. The number of aromatic amines is 1. The highest BCUT2D eigenvalue weighted by molar-refractivity contribution is 6.12. The maximum absolute atomic E-state index is 13.8. The minimum absolute atomic E-state index is 0.295. The van der Waals surface area contributed by atoms with Crippen molar-refractivity contribution in [2.75, 3.05) is 5.32 Å². The molecule has 1 fully saturated rings. The predicted molar refractivity (Wildman–Crippen MR) is 93.0 cm³/mol. The molecule has 6 heteroatoms. The van der Waals surface area contributed by atoms with E-state index in [2.05, 4.69) is 33.0 Å². The summed E-state index contributed by atoms with van der Waals surface area (Å²) in [7, 11) is 0. The van der Waals surface area contributed by atoms with Gasteiger partial charge in [0.25, 0.3) is 5.91 Å². The second kappa shape index (κ2) is 5.39. The van der Waals surface area contributed by atoms with Crippen molar-refractivity contribution in [3.63, 3.8) is 0 Å². The molecule has 0 atom stereocenters. The lowest BCUT2D eigenvalue weighted by atomic mass is 10.0. The van der Waals surface area contributed by atoms with Gasteiger partial charge >= 0.3 is 0 Å². The predicted octanol–water partition coefficient (Wildman–Crippen LogP) is 3.43. The van der Waals surface area contributed by atoms with Crippen molar-refractivity contribution in [2.24, 2.45) is 0 Å². The first-order valence-electron chi connectivity index (χ1n) is 8.49. The van der Waals surface area contributed by atoms with Crippen molar-refractivity contribution in [3.8, 4) is 0 Å². The molecule has 0 spiro atoms. The number of aromatic nitrogens is 2. The van der Waals surface area contributed by atoms with Gasteiger partial charge in [-0.15, -0.1) is 0 Å². The molecule has 5 nitrogen and oxygen atoms in total. The highest BCUT2D eigenvalue weighted by Crippen LogP contribution is 2.45. The van der Waals surface area contributed by atoms with E-state index in [1.165, 1.54) is 28.8 Å². The van der Waals surface area contributed by atoms with Crippen molar-refractivity contribution in [1.29, 1.82) is 0 Å². The number of carbonyl (C=O) groups is 1.